The Morgan fingerprint density at radius 3 is 2.88 bits per heavy atom. The molecule has 3 aromatic rings. The minimum absolute atomic E-state index is 0.0758. The standard InChI is InChI=1S/C18H19ClN4O2S/c1-2-3-10-23-16(20-21-22-23)11-25-17(24)12-26-15-9-5-7-13-6-4-8-14(19)18(13)15/h4-9H,2-3,10-12H2,1H3. The van der Waals surface area contributed by atoms with Gasteiger partial charge in [-0.2, -0.15) is 0 Å². The number of aromatic nitrogens is 4. The van der Waals surface area contributed by atoms with Gasteiger partial charge in [0, 0.05) is 21.8 Å². The third kappa shape index (κ3) is 4.53. The first-order chi connectivity index (χ1) is 12.7. The summed E-state index contributed by atoms with van der Waals surface area (Å²) < 4.78 is 6.99. The number of ether oxygens (including phenoxy) is 1. The Morgan fingerprint density at radius 1 is 1.27 bits per heavy atom. The van der Waals surface area contributed by atoms with Crippen molar-refractivity contribution < 1.29 is 9.53 Å². The maximum absolute atomic E-state index is 12.1. The molecule has 0 saturated carbocycles. The van der Waals surface area contributed by atoms with E-state index in [2.05, 4.69) is 22.4 Å². The molecule has 136 valence electrons. The number of carbonyl (C=O) groups is 1. The Labute approximate surface area is 160 Å². The summed E-state index contributed by atoms with van der Waals surface area (Å²) in [4.78, 5) is 13.1. The first-order valence-electron chi connectivity index (χ1n) is 8.39. The molecule has 0 aliphatic carbocycles. The molecule has 0 unspecified atom stereocenters. The number of fused-ring (bicyclic) bond motifs is 1. The molecule has 1 aromatic heterocycles. The van der Waals surface area contributed by atoms with Gasteiger partial charge in [-0.1, -0.05) is 49.2 Å². The summed E-state index contributed by atoms with van der Waals surface area (Å²) in [6.07, 6.45) is 2.02. The highest BCUT2D eigenvalue weighted by Crippen LogP contribution is 2.33. The number of carbonyl (C=O) groups excluding carboxylic acids is 1. The summed E-state index contributed by atoms with van der Waals surface area (Å²) in [6.45, 7) is 2.90. The summed E-state index contributed by atoms with van der Waals surface area (Å²) in [7, 11) is 0. The first-order valence-corrected chi connectivity index (χ1v) is 9.76. The van der Waals surface area contributed by atoms with Crippen molar-refractivity contribution in [2.45, 2.75) is 37.8 Å². The molecule has 3 rings (SSSR count). The van der Waals surface area contributed by atoms with Crippen LogP contribution in [-0.2, 0) is 22.7 Å². The highest BCUT2D eigenvalue weighted by Gasteiger charge is 2.12. The highest BCUT2D eigenvalue weighted by atomic mass is 35.5. The lowest BCUT2D eigenvalue weighted by molar-refractivity contribution is -0.142. The van der Waals surface area contributed by atoms with Crippen LogP contribution >= 0.6 is 23.4 Å². The van der Waals surface area contributed by atoms with Gasteiger partial charge in [0.25, 0.3) is 0 Å². The van der Waals surface area contributed by atoms with Gasteiger partial charge in [-0.05, 0) is 34.4 Å². The van der Waals surface area contributed by atoms with E-state index in [0.29, 0.717) is 10.8 Å². The summed E-state index contributed by atoms with van der Waals surface area (Å²) in [5.41, 5.74) is 0. The van der Waals surface area contributed by atoms with E-state index in [4.69, 9.17) is 16.3 Å². The second-order valence-corrected chi connectivity index (χ2v) is 7.14. The van der Waals surface area contributed by atoms with Crippen molar-refractivity contribution in [3.8, 4) is 0 Å². The van der Waals surface area contributed by atoms with E-state index in [0.717, 1.165) is 35.1 Å². The number of benzene rings is 2. The molecule has 0 N–H and O–H groups in total. The Hall–Kier alpha value is -2.12. The molecule has 0 aliphatic heterocycles. The van der Waals surface area contributed by atoms with Gasteiger partial charge in [0.2, 0.25) is 0 Å². The van der Waals surface area contributed by atoms with Gasteiger partial charge in [0.15, 0.2) is 12.4 Å². The molecule has 0 atom stereocenters. The summed E-state index contributed by atoms with van der Waals surface area (Å²) in [5.74, 6) is 0.440. The molecule has 0 fully saturated rings. The second kappa shape index (κ2) is 9.00. The molecule has 0 bridgehead atoms. The third-order valence-electron chi connectivity index (χ3n) is 3.85. The minimum Gasteiger partial charge on any atom is -0.457 e. The predicted octanol–water partition coefficient (Wildman–Crippen LogP) is 4.12. The number of halogens is 1. The van der Waals surface area contributed by atoms with Gasteiger partial charge in [0.05, 0.1) is 5.75 Å². The van der Waals surface area contributed by atoms with Crippen molar-refractivity contribution in [3.05, 3.63) is 47.2 Å². The van der Waals surface area contributed by atoms with Crippen molar-refractivity contribution in [2.75, 3.05) is 5.75 Å². The Balaban J connectivity index is 1.58. The number of hydrogen-bond donors (Lipinski definition) is 0. The largest absolute Gasteiger partial charge is 0.457 e. The summed E-state index contributed by atoms with van der Waals surface area (Å²) >= 11 is 7.72. The zero-order valence-electron chi connectivity index (χ0n) is 14.4. The molecular weight excluding hydrogens is 372 g/mol. The van der Waals surface area contributed by atoms with Gasteiger partial charge in [-0.25, -0.2) is 4.68 Å². The van der Waals surface area contributed by atoms with Crippen molar-refractivity contribution in [1.82, 2.24) is 20.2 Å². The topological polar surface area (TPSA) is 69.9 Å². The van der Waals surface area contributed by atoms with Gasteiger partial charge in [-0.3, -0.25) is 4.79 Å². The quantitative estimate of drug-likeness (QED) is 0.425. The zero-order chi connectivity index (χ0) is 18.4. The van der Waals surface area contributed by atoms with Crippen LogP contribution in [0.15, 0.2) is 41.3 Å². The highest BCUT2D eigenvalue weighted by molar-refractivity contribution is 8.00. The van der Waals surface area contributed by atoms with E-state index in [9.17, 15) is 4.79 Å². The molecule has 1 heterocycles. The fourth-order valence-electron chi connectivity index (χ4n) is 2.51. The number of thioether (sulfide) groups is 1. The summed E-state index contributed by atoms with van der Waals surface area (Å²) in [6, 6.07) is 11.7. The SMILES string of the molecule is CCCCn1nnnc1COC(=O)CSc1cccc2cccc(Cl)c12. The van der Waals surface area contributed by atoms with Gasteiger partial charge >= 0.3 is 5.97 Å². The van der Waals surface area contributed by atoms with Crippen LogP contribution in [0.4, 0.5) is 0 Å². The Kier molecular flexibility index (Phi) is 6.46. The average Bonchev–Trinajstić information content (AvgIpc) is 3.10. The molecule has 26 heavy (non-hydrogen) atoms. The normalized spacial score (nSPS) is 11.0. The lowest BCUT2D eigenvalue weighted by Crippen LogP contribution is -2.12. The molecule has 2 aromatic carbocycles. The predicted molar refractivity (Wildman–Crippen MR) is 102 cm³/mol. The van der Waals surface area contributed by atoms with Crippen molar-refractivity contribution in [2.24, 2.45) is 0 Å². The van der Waals surface area contributed by atoms with Crippen LogP contribution in [0.2, 0.25) is 5.02 Å². The Bertz CT molecular complexity index is 895. The van der Waals surface area contributed by atoms with E-state index in [-0.39, 0.29) is 18.3 Å². The van der Waals surface area contributed by atoms with Gasteiger partial charge < -0.3 is 4.74 Å². The molecule has 6 nitrogen and oxygen atoms in total. The van der Waals surface area contributed by atoms with E-state index in [1.54, 1.807) is 4.68 Å². The first kappa shape index (κ1) is 18.7. The zero-order valence-corrected chi connectivity index (χ0v) is 16.0. The van der Waals surface area contributed by atoms with Crippen LogP contribution in [0.3, 0.4) is 0 Å². The molecule has 0 amide bonds. The van der Waals surface area contributed by atoms with E-state index >= 15 is 0 Å². The van der Waals surface area contributed by atoms with Crippen LogP contribution in [0.25, 0.3) is 10.8 Å². The lowest BCUT2D eigenvalue weighted by atomic mass is 10.1. The van der Waals surface area contributed by atoms with Crippen LogP contribution in [0, 0.1) is 0 Å². The van der Waals surface area contributed by atoms with E-state index < -0.39 is 0 Å². The fourth-order valence-corrected chi connectivity index (χ4v) is 3.76. The van der Waals surface area contributed by atoms with Crippen molar-refractivity contribution in [3.63, 3.8) is 0 Å². The third-order valence-corrected chi connectivity index (χ3v) is 5.20. The molecule has 0 aliphatic rings. The van der Waals surface area contributed by atoms with Gasteiger partial charge in [-0.15, -0.1) is 16.9 Å². The Morgan fingerprint density at radius 2 is 2.08 bits per heavy atom. The number of unbranched alkanes of at least 4 members (excludes halogenated alkanes) is 1. The maximum Gasteiger partial charge on any atom is 0.316 e. The number of aryl methyl sites for hydroxylation is 1. The molecule has 0 saturated heterocycles. The van der Waals surface area contributed by atoms with Crippen LogP contribution in [0.5, 0.6) is 0 Å². The van der Waals surface area contributed by atoms with Gasteiger partial charge in [0.1, 0.15) is 0 Å². The maximum atomic E-state index is 12.1. The van der Waals surface area contributed by atoms with E-state index in [1.165, 1.54) is 11.8 Å². The van der Waals surface area contributed by atoms with Crippen LogP contribution in [0.1, 0.15) is 25.6 Å². The summed E-state index contributed by atoms with van der Waals surface area (Å²) in [5, 5.41) is 14.1. The monoisotopic (exact) mass is 390 g/mol. The number of nitrogens with zero attached hydrogens (tertiary/aromatic N) is 4. The number of tetrazole rings is 1. The van der Waals surface area contributed by atoms with Crippen molar-refractivity contribution in [1.29, 1.82) is 0 Å². The number of hydrogen-bond acceptors (Lipinski definition) is 6. The van der Waals surface area contributed by atoms with Crippen LogP contribution in [-0.4, -0.2) is 31.9 Å². The average molecular weight is 391 g/mol. The molecule has 0 radical (unpaired) electrons. The second-order valence-electron chi connectivity index (χ2n) is 5.72. The lowest BCUT2D eigenvalue weighted by Gasteiger charge is -2.08. The molecule has 0 spiro atoms. The van der Waals surface area contributed by atoms with E-state index in [1.807, 2.05) is 36.4 Å². The number of rotatable bonds is 8. The van der Waals surface area contributed by atoms with Crippen LogP contribution < -0.4 is 0 Å². The smallest absolute Gasteiger partial charge is 0.316 e. The minimum atomic E-state index is -0.316. The van der Waals surface area contributed by atoms with Crippen molar-refractivity contribution >= 4 is 40.1 Å². The molecular formula is C18H19ClN4O2S. The number of esters is 1. The fraction of sp³-hybridized carbons (Fsp3) is 0.333. The molecule has 8 heteroatoms.